The number of carbonyl (C=O) groups is 1. The van der Waals surface area contributed by atoms with Crippen LogP contribution in [-0.2, 0) is 0 Å². The summed E-state index contributed by atoms with van der Waals surface area (Å²) in [4.78, 5) is 20.2. The normalized spacial score (nSPS) is 12.1. The minimum atomic E-state index is -0.203. The fourth-order valence-electron chi connectivity index (χ4n) is 1.33. The summed E-state index contributed by atoms with van der Waals surface area (Å²) < 4.78 is 0. The van der Waals surface area contributed by atoms with E-state index in [1.807, 2.05) is 25.1 Å². The molecule has 1 unspecified atom stereocenters. The van der Waals surface area contributed by atoms with Crippen LogP contribution < -0.4 is 11.1 Å². The minimum Gasteiger partial charge on any atom is -0.349 e. The van der Waals surface area contributed by atoms with Crippen LogP contribution in [0.2, 0.25) is 0 Å². The molecule has 1 amide bonds. The van der Waals surface area contributed by atoms with Crippen molar-refractivity contribution in [2.75, 3.05) is 6.54 Å². The molecular formula is C12H14N4OS. The standard InChI is InChI=1S/C12H14N4OS/c1-8(13)6-15-11(17)10-7-18-12(16-10)9-4-2-3-5-14-9/h2-5,7-8H,6,13H2,1H3,(H,15,17). The van der Waals surface area contributed by atoms with Gasteiger partial charge in [-0.3, -0.25) is 9.78 Å². The molecule has 2 heterocycles. The summed E-state index contributed by atoms with van der Waals surface area (Å²) in [5.74, 6) is -0.203. The first-order valence-electron chi connectivity index (χ1n) is 5.57. The van der Waals surface area contributed by atoms with Gasteiger partial charge >= 0.3 is 0 Å². The van der Waals surface area contributed by atoms with Crippen LogP contribution in [0.15, 0.2) is 29.8 Å². The van der Waals surface area contributed by atoms with E-state index < -0.39 is 0 Å². The van der Waals surface area contributed by atoms with Gasteiger partial charge in [0.2, 0.25) is 0 Å². The Labute approximate surface area is 109 Å². The van der Waals surface area contributed by atoms with Crippen molar-refractivity contribution in [1.82, 2.24) is 15.3 Å². The molecule has 0 aromatic carbocycles. The Balaban J connectivity index is 2.09. The van der Waals surface area contributed by atoms with Gasteiger partial charge in [0.15, 0.2) is 0 Å². The molecule has 5 nitrogen and oxygen atoms in total. The molecule has 0 radical (unpaired) electrons. The van der Waals surface area contributed by atoms with E-state index in [1.54, 1.807) is 11.6 Å². The van der Waals surface area contributed by atoms with Crippen molar-refractivity contribution in [2.45, 2.75) is 13.0 Å². The molecular weight excluding hydrogens is 248 g/mol. The highest BCUT2D eigenvalue weighted by Gasteiger charge is 2.12. The summed E-state index contributed by atoms with van der Waals surface area (Å²) in [5, 5.41) is 5.18. The first-order chi connectivity index (χ1) is 8.66. The third-order valence-electron chi connectivity index (χ3n) is 2.21. The van der Waals surface area contributed by atoms with Crippen molar-refractivity contribution in [2.24, 2.45) is 5.73 Å². The SMILES string of the molecule is CC(N)CNC(=O)c1csc(-c2ccccn2)n1. The third kappa shape index (κ3) is 3.12. The Kier molecular flexibility index (Phi) is 4.01. The van der Waals surface area contributed by atoms with Crippen molar-refractivity contribution in [3.05, 3.63) is 35.5 Å². The maximum Gasteiger partial charge on any atom is 0.270 e. The highest BCUT2D eigenvalue weighted by Crippen LogP contribution is 2.21. The maximum absolute atomic E-state index is 11.8. The molecule has 0 saturated heterocycles. The zero-order valence-electron chi connectivity index (χ0n) is 9.96. The van der Waals surface area contributed by atoms with Gasteiger partial charge < -0.3 is 11.1 Å². The highest BCUT2D eigenvalue weighted by molar-refractivity contribution is 7.13. The van der Waals surface area contributed by atoms with E-state index in [4.69, 9.17) is 5.73 Å². The molecule has 0 fully saturated rings. The van der Waals surface area contributed by atoms with Crippen molar-refractivity contribution in [3.63, 3.8) is 0 Å². The molecule has 1 atom stereocenters. The molecule has 94 valence electrons. The number of nitrogens with one attached hydrogen (secondary N) is 1. The van der Waals surface area contributed by atoms with Crippen LogP contribution in [0.25, 0.3) is 10.7 Å². The predicted molar refractivity (Wildman–Crippen MR) is 71.3 cm³/mol. The number of hydrogen-bond acceptors (Lipinski definition) is 5. The number of pyridine rings is 1. The second kappa shape index (κ2) is 5.70. The number of hydrogen-bond donors (Lipinski definition) is 2. The zero-order valence-corrected chi connectivity index (χ0v) is 10.8. The van der Waals surface area contributed by atoms with Crippen molar-refractivity contribution < 1.29 is 4.79 Å². The third-order valence-corrected chi connectivity index (χ3v) is 3.07. The fraction of sp³-hybridized carbons (Fsp3) is 0.250. The molecule has 0 spiro atoms. The van der Waals surface area contributed by atoms with Crippen LogP contribution in [0, 0.1) is 0 Å². The van der Waals surface area contributed by atoms with E-state index in [1.165, 1.54) is 11.3 Å². The number of aromatic nitrogens is 2. The number of rotatable bonds is 4. The summed E-state index contributed by atoms with van der Waals surface area (Å²) in [5.41, 5.74) is 6.75. The van der Waals surface area contributed by atoms with Gasteiger partial charge in [-0.2, -0.15) is 0 Å². The molecule has 6 heteroatoms. The van der Waals surface area contributed by atoms with Crippen molar-refractivity contribution in [3.8, 4) is 10.7 Å². The van der Waals surface area contributed by atoms with E-state index in [2.05, 4.69) is 15.3 Å². The van der Waals surface area contributed by atoms with E-state index in [-0.39, 0.29) is 11.9 Å². The lowest BCUT2D eigenvalue weighted by atomic mass is 10.3. The maximum atomic E-state index is 11.8. The van der Waals surface area contributed by atoms with Gasteiger partial charge in [-0.05, 0) is 19.1 Å². The monoisotopic (exact) mass is 262 g/mol. The Morgan fingerprint density at radius 1 is 1.56 bits per heavy atom. The number of thiazole rings is 1. The summed E-state index contributed by atoms with van der Waals surface area (Å²) in [7, 11) is 0. The molecule has 0 saturated carbocycles. The summed E-state index contributed by atoms with van der Waals surface area (Å²) in [6, 6.07) is 5.53. The van der Waals surface area contributed by atoms with Crippen LogP contribution in [-0.4, -0.2) is 28.5 Å². The smallest absolute Gasteiger partial charge is 0.270 e. The van der Waals surface area contributed by atoms with Crippen molar-refractivity contribution >= 4 is 17.2 Å². The van der Waals surface area contributed by atoms with E-state index in [0.29, 0.717) is 12.2 Å². The van der Waals surface area contributed by atoms with Gasteiger partial charge in [0.05, 0.1) is 5.69 Å². The molecule has 2 aromatic heterocycles. The van der Waals surface area contributed by atoms with Gasteiger partial charge in [-0.1, -0.05) is 6.07 Å². The number of carbonyl (C=O) groups excluding carboxylic acids is 1. The fourth-order valence-corrected chi connectivity index (χ4v) is 2.10. The zero-order chi connectivity index (χ0) is 13.0. The van der Waals surface area contributed by atoms with E-state index in [0.717, 1.165) is 10.7 Å². The highest BCUT2D eigenvalue weighted by atomic mass is 32.1. The average Bonchev–Trinajstić information content (AvgIpc) is 2.86. The summed E-state index contributed by atoms with van der Waals surface area (Å²) in [6.07, 6.45) is 1.70. The molecule has 2 rings (SSSR count). The lowest BCUT2D eigenvalue weighted by Crippen LogP contribution is -2.35. The van der Waals surface area contributed by atoms with Gasteiger partial charge in [-0.15, -0.1) is 11.3 Å². The van der Waals surface area contributed by atoms with Gasteiger partial charge in [0.25, 0.3) is 5.91 Å². The molecule has 0 aliphatic heterocycles. The van der Waals surface area contributed by atoms with Crippen LogP contribution in [0.5, 0.6) is 0 Å². The Morgan fingerprint density at radius 3 is 3.06 bits per heavy atom. The Bertz CT molecular complexity index is 524. The van der Waals surface area contributed by atoms with Crippen LogP contribution in [0.4, 0.5) is 0 Å². The first-order valence-corrected chi connectivity index (χ1v) is 6.45. The minimum absolute atomic E-state index is 0.0668. The summed E-state index contributed by atoms with van der Waals surface area (Å²) >= 11 is 1.40. The molecule has 0 bridgehead atoms. The first kappa shape index (κ1) is 12.7. The van der Waals surface area contributed by atoms with Gasteiger partial charge in [0, 0.05) is 24.2 Å². The number of nitrogens with zero attached hydrogens (tertiary/aromatic N) is 2. The van der Waals surface area contributed by atoms with Gasteiger partial charge in [-0.25, -0.2) is 4.98 Å². The second-order valence-electron chi connectivity index (χ2n) is 3.94. The topological polar surface area (TPSA) is 80.9 Å². The number of amides is 1. The quantitative estimate of drug-likeness (QED) is 0.869. The Hall–Kier alpha value is -1.79. The van der Waals surface area contributed by atoms with Crippen molar-refractivity contribution in [1.29, 1.82) is 0 Å². The molecule has 3 N–H and O–H groups in total. The molecule has 2 aromatic rings. The van der Waals surface area contributed by atoms with Crippen LogP contribution >= 0.6 is 11.3 Å². The molecule has 0 aliphatic rings. The second-order valence-corrected chi connectivity index (χ2v) is 4.80. The van der Waals surface area contributed by atoms with E-state index >= 15 is 0 Å². The summed E-state index contributed by atoms with van der Waals surface area (Å²) in [6.45, 7) is 2.27. The largest absolute Gasteiger partial charge is 0.349 e. The Morgan fingerprint density at radius 2 is 2.39 bits per heavy atom. The van der Waals surface area contributed by atoms with Crippen LogP contribution in [0.3, 0.4) is 0 Å². The predicted octanol–water partition coefficient (Wildman–Crippen LogP) is 1.28. The molecule has 0 aliphatic carbocycles. The average molecular weight is 262 g/mol. The van der Waals surface area contributed by atoms with Crippen LogP contribution in [0.1, 0.15) is 17.4 Å². The van der Waals surface area contributed by atoms with E-state index in [9.17, 15) is 4.79 Å². The lowest BCUT2D eigenvalue weighted by Gasteiger charge is -2.05. The number of nitrogens with two attached hydrogens (primary N) is 1. The molecule has 18 heavy (non-hydrogen) atoms. The van der Waals surface area contributed by atoms with Gasteiger partial charge in [0.1, 0.15) is 10.7 Å². The lowest BCUT2D eigenvalue weighted by molar-refractivity contribution is 0.0947.